The molecule has 3 rings (SSSR count). The van der Waals surface area contributed by atoms with Gasteiger partial charge >= 0.3 is 0 Å². The first-order valence-corrected chi connectivity index (χ1v) is 14.5. The van der Waals surface area contributed by atoms with Gasteiger partial charge in [0, 0.05) is 12.6 Å². The Morgan fingerprint density at radius 1 is 0.923 bits per heavy atom. The summed E-state index contributed by atoms with van der Waals surface area (Å²) in [4.78, 5) is 28.6. The SMILES string of the molecule is CC[C@@H](C)NC(=O)[C@@H](CC)N(Cc1cccc(C)c1)C(=O)CN(c1ccccc1F)S(=O)(=O)c1ccccc1. The largest absolute Gasteiger partial charge is 0.352 e. The summed E-state index contributed by atoms with van der Waals surface area (Å²) < 4.78 is 43.2. The molecule has 0 radical (unpaired) electrons. The Hall–Kier alpha value is -3.72. The Kier molecular flexibility index (Phi) is 10.2. The van der Waals surface area contributed by atoms with E-state index in [4.69, 9.17) is 0 Å². The van der Waals surface area contributed by atoms with Crippen molar-refractivity contribution < 1.29 is 22.4 Å². The van der Waals surface area contributed by atoms with Crippen LogP contribution in [-0.2, 0) is 26.2 Å². The van der Waals surface area contributed by atoms with Crippen molar-refractivity contribution in [3.63, 3.8) is 0 Å². The van der Waals surface area contributed by atoms with Crippen LogP contribution in [0.2, 0.25) is 0 Å². The van der Waals surface area contributed by atoms with Crippen molar-refractivity contribution in [2.75, 3.05) is 10.8 Å². The summed E-state index contributed by atoms with van der Waals surface area (Å²) in [5.41, 5.74) is 1.53. The Bertz CT molecular complexity index is 1380. The molecule has 0 spiro atoms. The van der Waals surface area contributed by atoms with E-state index in [0.29, 0.717) is 12.8 Å². The first-order valence-electron chi connectivity index (χ1n) is 13.1. The number of carbonyl (C=O) groups excluding carboxylic acids is 2. The third-order valence-electron chi connectivity index (χ3n) is 6.55. The summed E-state index contributed by atoms with van der Waals surface area (Å²) >= 11 is 0. The van der Waals surface area contributed by atoms with Crippen molar-refractivity contribution in [2.24, 2.45) is 0 Å². The van der Waals surface area contributed by atoms with E-state index in [2.05, 4.69) is 5.32 Å². The first-order chi connectivity index (χ1) is 18.6. The highest BCUT2D eigenvalue weighted by Crippen LogP contribution is 2.27. The van der Waals surface area contributed by atoms with Gasteiger partial charge in [0.2, 0.25) is 11.8 Å². The lowest BCUT2D eigenvalue weighted by Gasteiger charge is -2.33. The quantitative estimate of drug-likeness (QED) is 0.340. The lowest BCUT2D eigenvalue weighted by Crippen LogP contribution is -2.53. The van der Waals surface area contributed by atoms with Gasteiger partial charge in [-0.2, -0.15) is 0 Å². The molecular weight excluding hydrogens is 517 g/mol. The molecule has 0 fully saturated rings. The van der Waals surface area contributed by atoms with Crippen LogP contribution in [0, 0.1) is 12.7 Å². The Balaban J connectivity index is 2.06. The molecule has 3 aromatic rings. The number of nitrogens with zero attached hydrogens (tertiary/aromatic N) is 2. The first kappa shape index (κ1) is 29.8. The molecule has 0 unspecified atom stereocenters. The molecule has 3 aromatic carbocycles. The van der Waals surface area contributed by atoms with Gasteiger partial charge < -0.3 is 10.2 Å². The van der Waals surface area contributed by atoms with Gasteiger partial charge in [0.15, 0.2) is 0 Å². The third-order valence-corrected chi connectivity index (χ3v) is 8.33. The van der Waals surface area contributed by atoms with Crippen molar-refractivity contribution in [1.82, 2.24) is 10.2 Å². The maximum absolute atomic E-state index is 15.0. The second-order valence-electron chi connectivity index (χ2n) is 9.53. The minimum atomic E-state index is -4.32. The molecule has 2 atom stereocenters. The van der Waals surface area contributed by atoms with Gasteiger partial charge in [0.25, 0.3) is 10.0 Å². The molecule has 208 valence electrons. The van der Waals surface area contributed by atoms with Crippen LogP contribution in [0.1, 0.15) is 44.7 Å². The molecule has 2 amide bonds. The zero-order chi connectivity index (χ0) is 28.6. The van der Waals surface area contributed by atoms with Crippen molar-refractivity contribution in [2.45, 2.75) is 64.1 Å². The maximum atomic E-state index is 15.0. The molecule has 0 aliphatic carbocycles. The van der Waals surface area contributed by atoms with Gasteiger partial charge in [0.05, 0.1) is 10.6 Å². The number of amides is 2. The summed E-state index contributed by atoms with van der Waals surface area (Å²) in [5, 5.41) is 2.94. The highest BCUT2D eigenvalue weighted by atomic mass is 32.2. The molecule has 9 heteroatoms. The van der Waals surface area contributed by atoms with Gasteiger partial charge in [-0.05, 0) is 56.5 Å². The molecule has 7 nitrogen and oxygen atoms in total. The van der Waals surface area contributed by atoms with E-state index in [1.165, 1.54) is 35.2 Å². The minimum Gasteiger partial charge on any atom is -0.352 e. The van der Waals surface area contributed by atoms with Crippen LogP contribution in [-0.4, -0.2) is 43.8 Å². The maximum Gasteiger partial charge on any atom is 0.264 e. The fraction of sp³-hybridized carbons (Fsp3) is 0.333. The predicted molar refractivity (Wildman–Crippen MR) is 151 cm³/mol. The zero-order valence-corrected chi connectivity index (χ0v) is 23.6. The average Bonchev–Trinajstić information content (AvgIpc) is 2.92. The third kappa shape index (κ3) is 7.44. The number of para-hydroxylation sites is 1. The Labute approximate surface area is 230 Å². The van der Waals surface area contributed by atoms with Crippen LogP contribution in [0.5, 0.6) is 0 Å². The number of halogens is 1. The van der Waals surface area contributed by atoms with Crippen molar-refractivity contribution in [3.05, 3.63) is 95.8 Å². The zero-order valence-electron chi connectivity index (χ0n) is 22.8. The summed E-state index contributed by atoms with van der Waals surface area (Å²) in [7, 11) is -4.32. The number of nitrogens with one attached hydrogen (secondary N) is 1. The topological polar surface area (TPSA) is 86.8 Å². The summed E-state index contributed by atoms with van der Waals surface area (Å²) in [6.07, 6.45) is 1.02. The van der Waals surface area contributed by atoms with Crippen molar-refractivity contribution in [3.8, 4) is 0 Å². The fourth-order valence-corrected chi connectivity index (χ4v) is 5.70. The van der Waals surface area contributed by atoms with E-state index in [-0.39, 0.29) is 29.1 Å². The summed E-state index contributed by atoms with van der Waals surface area (Å²) in [6, 6.07) is 19.6. The molecule has 0 heterocycles. The van der Waals surface area contributed by atoms with E-state index in [9.17, 15) is 22.4 Å². The number of aryl methyl sites for hydroxylation is 1. The number of benzene rings is 3. The second-order valence-corrected chi connectivity index (χ2v) is 11.4. The van der Waals surface area contributed by atoms with Gasteiger partial charge in [-0.3, -0.25) is 13.9 Å². The normalized spacial score (nSPS) is 12.8. The number of carbonyl (C=O) groups is 2. The van der Waals surface area contributed by atoms with Gasteiger partial charge in [0.1, 0.15) is 18.4 Å². The number of anilines is 1. The van der Waals surface area contributed by atoms with Gasteiger partial charge in [-0.25, -0.2) is 12.8 Å². The van der Waals surface area contributed by atoms with Crippen molar-refractivity contribution in [1.29, 1.82) is 0 Å². The lowest BCUT2D eigenvalue weighted by molar-refractivity contribution is -0.140. The number of rotatable bonds is 12. The van der Waals surface area contributed by atoms with E-state index in [1.807, 2.05) is 45.0 Å². The van der Waals surface area contributed by atoms with Gasteiger partial charge in [-0.1, -0.05) is 74.0 Å². The highest BCUT2D eigenvalue weighted by Gasteiger charge is 2.34. The summed E-state index contributed by atoms with van der Waals surface area (Å²) in [5.74, 6) is -1.72. The standard InChI is InChI=1S/C30H36FN3O4S/c1-5-23(4)32-30(36)27(6-2)33(20-24-14-12-13-22(3)19-24)29(35)21-34(28-18-11-10-17-26(28)31)39(37,38)25-15-8-7-9-16-25/h7-19,23,27H,5-6,20-21H2,1-4H3,(H,32,36)/t23-,27-/m1/s1. The van der Waals surface area contributed by atoms with Crippen LogP contribution in [0.3, 0.4) is 0 Å². The van der Waals surface area contributed by atoms with E-state index in [1.54, 1.807) is 25.1 Å². The number of sulfonamides is 1. The van der Waals surface area contributed by atoms with E-state index >= 15 is 0 Å². The number of hydrogen-bond donors (Lipinski definition) is 1. The van der Waals surface area contributed by atoms with Crippen LogP contribution < -0.4 is 9.62 Å². The fourth-order valence-electron chi connectivity index (χ4n) is 4.25. The van der Waals surface area contributed by atoms with Gasteiger partial charge in [-0.15, -0.1) is 0 Å². The Morgan fingerprint density at radius 2 is 1.59 bits per heavy atom. The molecule has 0 aliphatic rings. The Morgan fingerprint density at radius 3 is 2.21 bits per heavy atom. The molecule has 0 aliphatic heterocycles. The second kappa shape index (κ2) is 13.4. The molecule has 1 N–H and O–H groups in total. The highest BCUT2D eigenvalue weighted by molar-refractivity contribution is 7.92. The molecule has 0 bridgehead atoms. The smallest absolute Gasteiger partial charge is 0.264 e. The minimum absolute atomic E-state index is 0.0761. The molecule has 0 saturated carbocycles. The molecule has 0 aromatic heterocycles. The predicted octanol–water partition coefficient (Wildman–Crippen LogP) is 5.05. The molecular formula is C30H36FN3O4S. The van der Waals surface area contributed by atoms with Crippen LogP contribution in [0.4, 0.5) is 10.1 Å². The van der Waals surface area contributed by atoms with Crippen LogP contribution in [0.25, 0.3) is 0 Å². The number of hydrogen-bond acceptors (Lipinski definition) is 4. The lowest BCUT2D eigenvalue weighted by atomic mass is 10.1. The van der Waals surface area contributed by atoms with E-state index in [0.717, 1.165) is 21.5 Å². The van der Waals surface area contributed by atoms with Crippen LogP contribution >= 0.6 is 0 Å². The summed E-state index contributed by atoms with van der Waals surface area (Å²) in [6.45, 7) is 6.95. The molecule has 39 heavy (non-hydrogen) atoms. The monoisotopic (exact) mass is 553 g/mol. The van der Waals surface area contributed by atoms with E-state index < -0.39 is 34.3 Å². The van der Waals surface area contributed by atoms with Crippen molar-refractivity contribution >= 4 is 27.5 Å². The van der Waals surface area contributed by atoms with Crippen LogP contribution in [0.15, 0.2) is 83.8 Å². The average molecular weight is 554 g/mol. The molecule has 0 saturated heterocycles.